The molecule has 484 valence electrons. The number of carbonyl (C=O) groups excluding carboxylic acids is 1. The first-order valence-electron chi connectivity index (χ1n) is 32.1. The maximum absolute atomic E-state index is 12.7. The van der Waals surface area contributed by atoms with E-state index in [4.69, 9.17) is 38.7 Å². The van der Waals surface area contributed by atoms with E-state index >= 15 is 0 Å². The Balaban J connectivity index is 0.000000161. The molecule has 0 saturated carbocycles. The van der Waals surface area contributed by atoms with Crippen molar-refractivity contribution in [3.63, 3.8) is 0 Å². The summed E-state index contributed by atoms with van der Waals surface area (Å²) in [5.74, 6) is 0.870. The van der Waals surface area contributed by atoms with Crippen LogP contribution in [0.1, 0.15) is 142 Å². The number of ketones is 1. The Morgan fingerprint density at radius 2 is 0.729 bits per heavy atom. The van der Waals surface area contributed by atoms with E-state index in [2.05, 4.69) is 101 Å². The molecule has 15 rings (SSSR count). The molecule has 0 fully saturated rings. The summed E-state index contributed by atoms with van der Waals surface area (Å²) in [5.41, 5.74) is 16.9. The molecule has 14 nitrogen and oxygen atoms in total. The van der Waals surface area contributed by atoms with Crippen molar-refractivity contribution in [1.82, 2.24) is 44.9 Å². The molecule has 2 aliphatic heterocycles. The summed E-state index contributed by atoms with van der Waals surface area (Å²) in [6, 6.07) is 59.4. The molecular formula is C80H70IrN9O5Pt. The zero-order valence-electron chi connectivity index (χ0n) is 54.7. The molecule has 0 atom stereocenters. The molecule has 8 aromatic heterocycles. The van der Waals surface area contributed by atoms with Crippen molar-refractivity contribution in [2.75, 3.05) is 0 Å². The standard InChI is InChI=1S/C34H42N6.C19H10O5.3C9H6N.Ir.Pt/c1-9-19-23(13-5)31-35-27(19)17-28-20(10-2)24(14-6)33(36-28)40-34-26(16-8)22(12-4)30(38-34)18-29-21(11-3)25(15-7)32(37-29)39-31;20-17(13-9-11-5-1-3-7-15(11)23-18(13)21)14-10-12-6-2-4-8-16(12)24-19(14)22;3*1-2-6-9-8(4-1)5-3-7-10-9;;/h17-18H,9-16H2,1-8H3;1-10H;3*1-5,7H;;/q-2;;3*-1;+3;+2. The minimum Gasteiger partial charge on any atom is -0.436 e. The van der Waals surface area contributed by atoms with Crippen LogP contribution < -0.4 is 21.2 Å². The van der Waals surface area contributed by atoms with Gasteiger partial charge in [0.25, 0.3) is 0 Å². The van der Waals surface area contributed by atoms with E-state index in [0.717, 1.165) is 129 Å². The van der Waals surface area contributed by atoms with Gasteiger partial charge in [-0.15, -0.1) is 34.4 Å². The molecular weight excluding hydrogens is 1550 g/mol. The average molecular weight is 1620 g/mol. The molecule has 10 heterocycles. The van der Waals surface area contributed by atoms with E-state index in [1.165, 1.54) is 56.7 Å². The number of fused-ring (bicyclic) bond motifs is 13. The minimum absolute atomic E-state index is 0. The summed E-state index contributed by atoms with van der Waals surface area (Å²) in [6.45, 7) is 17.6. The average Bonchev–Trinajstić information content (AvgIpc) is 1.33. The van der Waals surface area contributed by atoms with Gasteiger partial charge in [0.2, 0.25) is 5.78 Å². The van der Waals surface area contributed by atoms with E-state index in [0.29, 0.717) is 21.9 Å². The van der Waals surface area contributed by atoms with Crippen LogP contribution in [0.2, 0.25) is 0 Å². The zero-order valence-corrected chi connectivity index (χ0v) is 59.4. The monoisotopic (exact) mass is 1620 g/mol. The Morgan fingerprint density at radius 3 is 1.06 bits per heavy atom. The third kappa shape index (κ3) is 15.5. The van der Waals surface area contributed by atoms with Gasteiger partial charge in [0, 0.05) is 29.4 Å². The molecule has 0 unspecified atom stereocenters. The van der Waals surface area contributed by atoms with Crippen molar-refractivity contribution in [2.45, 2.75) is 107 Å². The summed E-state index contributed by atoms with van der Waals surface area (Å²) in [6.07, 6.45) is 12.4. The first-order chi connectivity index (χ1) is 46.0. The van der Waals surface area contributed by atoms with Crippen LogP contribution in [0.4, 0.5) is 0 Å². The first-order valence-corrected chi connectivity index (χ1v) is 32.1. The van der Waals surface area contributed by atoms with Crippen LogP contribution in [0, 0.1) is 18.2 Å². The smallest absolute Gasteiger partial charge is 0.436 e. The van der Waals surface area contributed by atoms with E-state index in [1.807, 2.05) is 91.0 Å². The van der Waals surface area contributed by atoms with Gasteiger partial charge in [0.15, 0.2) is 0 Å². The summed E-state index contributed by atoms with van der Waals surface area (Å²) in [5, 5.41) is 4.64. The fourth-order valence-corrected chi connectivity index (χ4v) is 12.0. The molecule has 16 heteroatoms. The normalized spacial score (nSPS) is 11.5. The van der Waals surface area contributed by atoms with Gasteiger partial charge < -0.3 is 28.8 Å². The number of aromatic nitrogens is 9. The largest absolute Gasteiger partial charge is 3.00 e. The third-order valence-electron chi connectivity index (χ3n) is 16.5. The maximum atomic E-state index is 12.7. The number of rotatable bonds is 10. The van der Waals surface area contributed by atoms with Gasteiger partial charge >= 0.3 is 52.4 Å². The summed E-state index contributed by atoms with van der Waals surface area (Å²) in [4.78, 5) is 80.0. The first kappa shape index (κ1) is 70.5. The zero-order chi connectivity index (χ0) is 65.7. The summed E-state index contributed by atoms with van der Waals surface area (Å²) < 4.78 is 10.3. The second kappa shape index (κ2) is 33.1. The molecule has 0 saturated heterocycles. The Labute approximate surface area is 585 Å². The predicted octanol–water partition coefficient (Wildman–Crippen LogP) is 17.3. The number of hydrogen-bond acceptors (Lipinski definition) is 12. The quantitative estimate of drug-likeness (QED) is 0.0712. The van der Waals surface area contributed by atoms with Crippen LogP contribution in [-0.2, 0) is 66.9 Å². The second-order valence-corrected chi connectivity index (χ2v) is 22.1. The van der Waals surface area contributed by atoms with Crippen molar-refractivity contribution in [1.29, 1.82) is 0 Å². The van der Waals surface area contributed by atoms with Gasteiger partial charge in [-0.3, -0.25) is 29.7 Å². The van der Waals surface area contributed by atoms with E-state index in [-0.39, 0.29) is 52.3 Å². The number of nitrogens with zero attached hydrogens (tertiary/aromatic N) is 9. The van der Waals surface area contributed by atoms with Crippen molar-refractivity contribution >= 4 is 105 Å². The maximum Gasteiger partial charge on any atom is 3.00 e. The van der Waals surface area contributed by atoms with Crippen LogP contribution >= 0.6 is 0 Å². The fraction of sp³-hybridized carbons (Fsp3) is 0.200. The van der Waals surface area contributed by atoms with Crippen LogP contribution in [0.15, 0.2) is 201 Å². The fourth-order valence-electron chi connectivity index (χ4n) is 12.0. The topological polar surface area (TPSA) is 196 Å². The van der Waals surface area contributed by atoms with Crippen molar-refractivity contribution < 1.29 is 54.8 Å². The van der Waals surface area contributed by atoms with Gasteiger partial charge in [-0.05, 0) is 160 Å². The van der Waals surface area contributed by atoms with E-state index in [1.54, 1.807) is 67.1 Å². The number of carbonyl (C=O) groups is 1. The molecule has 0 radical (unpaired) electrons. The van der Waals surface area contributed by atoms with Gasteiger partial charge in [-0.2, -0.15) is 72.8 Å². The van der Waals surface area contributed by atoms with Crippen molar-refractivity contribution in [3.05, 3.63) is 278 Å². The van der Waals surface area contributed by atoms with Gasteiger partial charge in [0.05, 0.1) is 23.0 Å². The Hall–Kier alpha value is -9.78. The molecule has 0 N–H and O–H groups in total. The second-order valence-electron chi connectivity index (χ2n) is 22.1. The van der Waals surface area contributed by atoms with Gasteiger partial charge in [-0.25, -0.2) is 9.59 Å². The number of allylic oxidation sites excluding steroid dienone is 4. The van der Waals surface area contributed by atoms with Gasteiger partial charge in [0.1, 0.15) is 22.3 Å². The molecule has 13 aromatic rings. The van der Waals surface area contributed by atoms with E-state index < -0.39 is 17.0 Å². The Bertz CT molecular complexity index is 4620. The Kier molecular flexibility index (Phi) is 24.3. The number of pyridine rings is 3. The molecule has 0 amide bonds. The summed E-state index contributed by atoms with van der Waals surface area (Å²) >= 11 is 0. The van der Waals surface area contributed by atoms with Crippen LogP contribution in [-0.4, -0.2) is 40.7 Å². The molecule has 5 aromatic carbocycles. The molecule has 8 bridgehead atoms. The minimum atomic E-state index is -0.786. The van der Waals surface area contributed by atoms with Gasteiger partial charge in [-0.1, -0.05) is 121 Å². The third-order valence-corrected chi connectivity index (χ3v) is 16.5. The van der Waals surface area contributed by atoms with Crippen LogP contribution in [0.25, 0.3) is 99.3 Å². The Morgan fingerprint density at radius 1 is 0.396 bits per heavy atom. The van der Waals surface area contributed by atoms with Crippen LogP contribution in [0.5, 0.6) is 0 Å². The molecule has 96 heavy (non-hydrogen) atoms. The summed E-state index contributed by atoms with van der Waals surface area (Å²) in [7, 11) is 0. The van der Waals surface area contributed by atoms with Crippen LogP contribution in [0.3, 0.4) is 0 Å². The number of hydrogen-bond donors (Lipinski definition) is 0. The SMILES string of the molecule is CCC1=C(CC)c2nc1cc1[n-]c(nc3nc(cc4[n-]c(n2)c(CC)c4CC)C(CC)=C3CC)c(CC)c1CC.O=C(c1cc2ccccc2oc1=O)c1cc2ccccc2oc1=O.[Ir+3].[Pt+2].[c-]1cccc2cccnc12.[c-]1cccc2cccnc12.[c-]1cccc2cccnc12. The van der Waals surface area contributed by atoms with Crippen molar-refractivity contribution in [2.24, 2.45) is 0 Å². The molecule has 0 aliphatic carbocycles. The molecule has 0 spiro atoms. The number of benzene rings is 5. The van der Waals surface area contributed by atoms with Crippen molar-refractivity contribution in [3.8, 4) is 0 Å². The number of para-hydroxylation sites is 5. The number of aryl methyl sites for hydroxylation is 4. The predicted molar refractivity (Wildman–Crippen MR) is 377 cm³/mol. The van der Waals surface area contributed by atoms with E-state index in [9.17, 15) is 14.4 Å². The molecule has 2 aliphatic rings.